The van der Waals surface area contributed by atoms with Crippen LogP contribution in [0, 0.1) is 11.8 Å². The summed E-state index contributed by atoms with van der Waals surface area (Å²) in [5, 5.41) is 0. The molecule has 2 aromatic rings. The van der Waals surface area contributed by atoms with Crippen LogP contribution in [0.5, 0.6) is 0 Å². The van der Waals surface area contributed by atoms with Gasteiger partial charge in [0.15, 0.2) is 11.2 Å². The molecule has 6 nitrogen and oxygen atoms in total. The zero-order valence-electron chi connectivity index (χ0n) is 12.1. The number of nitrogens with two attached hydrogens (primary N) is 1. The van der Waals surface area contributed by atoms with Crippen molar-refractivity contribution in [1.29, 1.82) is 0 Å². The summed E-state index contributed by atoms with van der Waals surface area (Å²) in [5.74, 6) is 3.22. The van der Waals surface area contributed by atoms with Crippen molar-refractivity contribution in [2.24, 2.45) is 11.8 Å². The van der Waals surface area contributed by atoms with Gasteiger partial charge in [-0.1, -0.05) is 25.7 Å². The number of hydrogen-bond donors (Lipinski definition) is 3. The standard InChI is InChI=1S/C15H21N5O/c16-15-19-13-11(14(21)20-15)17-12(18-13)10-6-5-8-3-1-2-4-9(8)7-10/h8-10H,1-7H2,(H4,16,17,18,19,20,21). The normalized spacial score (nSPS) is 29.4. The summed E-state index contributed by atoms with van der Waals surface area (Å²) in [6.07, 6.45) is 9.16. The van der Waals surface area contributed by atoms with Crippen molar-refractivity contribution in [2.45, 2.75) is 50.9 Å². The van der Waals surface area contributed by atoms with Crippen molar-refractivity contribution in [3.63, 3.8) is 0 Å². The summed E-state index contributed by atoms with van der Waals surface area (Å²) in [5.41, 5.74) is 6.24. The maximum absolute atomic E-state index is 11.9. The Balaban J connectivity index is 1.64. The molecule has 112 valence electrons. The summed E-state index contributed by atoms with van der Waals surface area (Å²) in [4.78, 5) is 26.2. The number of rotatable bonds is 1. The topological polar surface area (TPSA) is 100 Å². The largest absolute Gasteiger partial charge is 0.369 e. The third kappa shape index (κ3) is 2.22. The predicted molar refractivity (Wildman–Crippen MR) is 81.0 cm³/mol. The Labute approximate surface area is 122 Å². The average molecular weight is 287 g/mol. The Kier molecular flexibility index (Phi) is 2.97. The lowest BCUT2D eigenvalue weighted by Gasteiger charge is -2.38. The zero-order chi connectivity index (χ0) is 14.4. The van der Waals surface area contributed by atoms with Crippen LogP contribution in [0.3, 0.4) is 0 Å². The predicted octanol–water partition coefficient (Wildman–Crippen LogP) is 2.30. The van der Waals surface area contributed by atoms with Crippen LogP contribution in [-0.2, 0) is 0 Å². The van der Waals surface area contributed by atoms with E-state index >= 15 is 0 Å². The average Bonchev–Trinajstić information content (AvgIpc) is 2.91. The number of anilines is 1. The van der Waals surface area contributed by atoms with Crippen molar-refractivity contribution >= 4 is 17.1 Å². The number of nitrogens with zero attached hydrogens (tertiary/aromatic N) is 2. The first kappa shape index (κ1) is 12.9. The van der Waals surface area contributed by atoms with E-state index in [0.717, 1.165) is 24.1 Å². The SMILES string of the molecule is Nc1nc2nc(C3CCC4CCCCC4C3)[nH]c2c(=O)[nH]1. The fraction of sp³-hybridized carbons (Fsp3) is 0.667. The van der Waals surface area contributed by atoms with Gasteiger partial charge < -0.3 is 10.7 Å². The Morgan fingerprint density at radius 3 is 2.67 bits per heavy atom. The van der Waals surface area contributed by atoms with Gasteiger partial charge in [-0.05, 0) is 31.1 Å². The Bertz CT molecular complexity index is 718. The van der Waals surface area contributed by atoms with Crippen molar-refractivity contribution in [1.82, 2.24) is 19.9 Å². The Morgan fingerprint density at radius 2 is 1.81 bits per heavy atom. The van der Waals surface area contributed by atoms with E-state index in [1.54, 1.807) is 0 Å². The van der Waals surface area contributed by atoms with Crippen molar-refractivity contribution in [2.75, 3.05) is 5.73 Å². The van der Waals surface area contributed by atoms with Crippen LogP contribution in [0.2, 0.25) is 0 Å². The second-order valence-electron chi connectivity index (χ2n) is 6.59. The molecule has 2 saturated carbocycles. The van der Waals surface area contributed by atoms with Crippen molar-refractivity contribution in [3.8, 4) is 0 Å². The van der Waals surface area contributed by atoms with Gasteiger partial charge in [0, 0.05) is 5.92 Å². The number of aromatic nitrogens is 4. The molecule has 4 N–H and O–H groups in total. The minimum Gasteiger partial charge on any atom is -0.369 e. The van der Waals surface area contributed by atoms with Gasteiger partial charge in [-0.3, -0.25) is 9.78 Å². The van der Waals surface area contributed by atoms with Crippen LogP contribution in [0.15, 0.2) is 4.79 Å². The lowest BCUT2D eigenvalue weighted by molar-refractivity contribution is 0.153. The smallest absolute Gasteiger partial charge is 0.278 e. The first-order valence-corrected chi connectivity index (χ1v) is 7.96. The van der Waals surface area contributed by atoms with E-state index in [0.29, 0.717) is 17.1 Å². The molecule has 0 bridgehead atoms. The van der Waals surface area contributed by atoms with Crippen LogP contribution in [-0.4, -0.2) is 19.9 Å². The number of aromatic amines is 2. The van der Waals surface area contributed by atoms with Gasteiger partial charge in [0.2, 0.25) is 5.95 Å². The molecule has 0 saturated heterocycles. The third-order valence-corrected chi connectivity index (χ3v) is 5.32. The summed E-state index contributed by atoms with van der Waals surface area (Å²) in [6.45, 7) is 0. The molecule has 2 aromatic heterocycles. The van der Waals surface area contributed by atoms with Crippen molar-refractivity contribution < 1.29 is 0 Å². The van der Waals surface area contributed by atoms with E-state index in [4.69, 9.17) is 5.73 Å². The van der Waals surface area contributed by atoms with E-state index in [1.165, 1.54) is 38.5 Å². The number of imidazole rings is 1. The zero-order valence-corrected chi connectivity index (χ0v) is 12.1. The maximum Gasteiger partial charge on any atom is 0.278 e. The fourth-order valence-corrected chi connectivity index (χ4v) is 4.26. The van der Waals surface area contributed by atoms with Crippen LogP contribution >= 0.6 is 0 Å². The molecule has 0 radical (unpaired) electrons. The van der Waals surface area contributed by atoms with Crippen LogP contribution < -0.4 is 11.3 Å². The van der Waals surface area contributed by atoms with Crippen LogP contribution in [0.1, 0.15) is 56.7 Å². The number of hydrogen-bond acceptors (Lipinski definition) is 4. The summed E-state index contributed by atoms with van der Waals surface area (Å²) in [7, 11) is 0. The number of nitrogens with one attached hydrogen (secondary N) is 2. The van der Waals surface area contributed by atoms with E-state index in [-0.39, 0.29) is 11.5 Å². The van der Waals surface area contributed by atoms with E-state index in [9.17, 15) is 4.79 Å². The highest BCUT2D eigenvalue weighted by atomic mass is 16.1. The Morgan fingerprint density at radius 1 is 1.00 bits per heavy atom. The van der Waals surface area contributed by atoms with Crippen molar-refractivity contribution in [3.05, 3.63) is 16.2 Å². The molecule has 2 aliphatic carbocycles. The minimum absolute atomic E-state index is 0.126. The Hall–Kier alpha value is -1.85. The van der Waals surface area contributed by atoms with Gasteiger partial charge in [-0.15, -0.1) is 0 Å². The van der Waals surface area contributed by atoms with Gasteiger partial charge in [-0.2, -0.15) is 4.98 Å². The quantitative estimate of drug-likeness (QED) is 0.749. The molecule has 3 unspecified atom stereocenters. The van der Waals surface area contributed by atoms with Gasteiger partial charge in [0.05, 0.1) is 0 Å². The van der Waals surface area contributed by atoms with Gasteiger partial charge in [-0.25, -0.2) is 4.98 Å². The third-order valence-electron chi connectivity index (χ3n) is 5.32. The monoisotopic (exact) mass is 287 g/mol. The molecule has 0 aliphatic heterocycles. The number of fused-ring (bicyclic) bond motifs is 2. The second-order valence-corrected chi connectivity index (χ2v) is 6.59. The molecule has 2 heterocycles. The molecule has 3 atom stereocenters. The second kappa shape index (κ2) is 4.86. The summed E-state index contributed by atoms with van der Waals surface area (Å²) in [6, 6.07) is 0. The molecule has 0 spiro atoms. The molecule has 21 heavy (non-hydrogen) atoms. The minimum atomic E-state index is -0.234. The number of H-pyrrole nitrogens is 2. The summed E-state index contributed by atoms with van der Waals surface area (Å²) >= 11 is 0. The molecule has 0 amide bonds. The van der Waals surface area contributed by atoms with Gasteiger partial charge >= 0.3 is 0 Å². The first-order valence-electron chi connectivity index (χ1n) is 7.96. The molecular weight excluding hydrogens is 266 g/mol. The lowest BCUT2D eigenvalue weighted by atomic mass is 9.67. The highest BCUT2D eigenvalue weighted by molar-refractivity contribution is 5.70. The lowest BCUT2D eigenvalue weighted by Crippen LogP contribution is -2.27. The molecule has 2 fully saturated rings. The highest BCUT2D eigenvalue weighted by Crippen LogP contribution is 2.45. The van der Waals surface area contributed by atoms with Crippen LogP contribution in [0.25, 0.3) is 11.2 Å². The summed E-state index contributed by atoms with van der Waals surface area (Å²) < 4.78 is 0. The van der Waals surface area contributed by atoms with E-state index in [2.05, 4.69) is 19.9 Å². The number of nitrogen functional groups attached to an aromatic ring is 1. The van der Waals surface area contributed by atoms with E-state index < -0.39 is 0 Å². The molecular formula is C15H21N5O. The molecule has 6 heteroatoms. The first-order chi connectivity index (χ1) is 10.2. The van der Waals surface area contributed by atoms with Crippen LogP contribution in [0.4, 0.5) is 5.95 Å². The van der Waals surface area contributed by atoms with E-state index in [1.807, 2.05) is 0 Å². The van der Waals surface area contributed by atoms with Gasteiger partial charge in [0.25, 0.3) is 5.56 Å². The molecule has 4 rings (SSSR count). The fourth-order valence-electron chi connectivity index (χ4n) is 4.26. The highest BCUT2D eigenvalue weighted by Gasteiger charge is 2.34. The molecule has 2 aliphatic rings. The van der Waals surface area contributed by atoms with Gasteiger partial charge in [0.1, 0.15) is 5.82 Å². The molecule has 0 aromatic carbocycles. The maximum atomic E-state index is 11.9.